The molecule has 0 atom stereocenters. The van der Waals surface area contributed by atoms with Gasteiger partial charge in [-0.1, -0.05) is 12.2 Å². The van der Waals surface area contributed by atoms with Crippen LogP contribution in [0.3, 0.4) is 0 Å². The molecular formula is C10H13N5O4S3. The number of hydrogen-bond donors (Lipinski definition) is 0. The number of nitro groups is 2. The van der Waals surface area contributed by atoms with Gasteiger partial charge in [0.2, 0.25) is 5.82 Å². The summed E-state index contributed by atoms with van der Waals surface area (Å²) in [5.41, 5.74) is -1.00. The second-order valence-corrected chi connectivity index (χ2v) is 6.11. The average molecular weight is 363 g/mol. The van der Waals surface area contributed by atoms with E-state index in [4.69, 9.17) is 12.2 Å². The summed E-state index contributed by atoms with van der Waals surface area (Å²) in [7, 11) is 3.13. The van der Waals surface area contributed by atoms with Crippen molar-refractivity contribution in [2.24, 2.45) is 0 Å². The van der Waals surface area contributed by atoms with Crippen molar-refractivity contribution >= 4 is 58.3 Å². The molecule has 0 aliphatic carbocycles. The molecule has 22 heavy (non-hydrogen) atoms. The van der Waals surface area contributed by atoms with Crippen LogP contribution in [-0.4, -0.2) is 50.1 Å². The molecule has 0 saturated heterocycles. The van der Waals surface area contributed by atoms with Crippen molar-refractivity contribution in [3.05, 3.63) is 32.0 Å². The van der Waals surface area contributed by atoms with Crippen molar-refractivity contribution in [1.29, 1.82) is 0 Å². The predicted octanol–water partition coefficient (Wildman–Crippen LogP) is 2.50. The average Bonchev–Trinajstić information content (AvgIpc) is 2.46. The van der Waals surface area contributed by atoms with Crippen molar-refractivity contribution in [2.75, 3.05) is 31.5 Å². The fourth-order valence-electron chi connectivity index (χ4n) is 1.57. The zero-order valence-electron chi connectivity index (χ0n) is 12.2. The zero-order valence-corrected chi connectivity index (χ0v) is 14.6. The van der Waals surface area contributed by atoms with Gasteiger partial charge in [-0.2, -0.15) is 0 Å². The monoisotopic (exact) mass is 363 g/mol. The van der Waals surface area contributed by atoms with Gasteiger partial charge in [-0.05, 0) is 23.9 Å². The van der Waals surface area contributed by atoms with Crippen LogP contribution >= 0.6 is 36.1 Å². The predicted molar refractivity (Wildman–Crippen MR) is 92.4 cm³/mol. The molecule has 0 aliphatic heterocycles. The molecule has 0 N–H and O–H groups in total. The molecule has 9 nitrogen and oxygen atoms in total. The van der Waals surface area contributed by atoms with E-state index in [9.17, 15) is 20.2 Å². The summed E-state index contributed by atoms with van der Waals surface area (Å²) >= 11 is 7.76. The highest BCUT2D eigenvalue weighted by molar-refractivity contribution is 8.13. The van der Waals surface area contributed by atoms with Gasteiger partial charge < -0.3 is 4.90 Å². The fraction of sp³-hybridized carbons (Fsp3) is 0.400. The van der Waals surface area contributed by atoms with Crippen molar-refractivity contribution in [3.8, 4) is 0 Å². The number of anilines is 1. The third-order valence-electron chi connectivity index (χ3n) is 2.48. The Labute approximate surface area is 140 Å². The van der Waals surface area contributed by atoms with Crippen LogP contribution in [0.25, 0.3) is 0 Å². The number of aromatic nitrogens is 1. The van der Waals surface area contributed by atoms with Crippen molar-refractivity contribution in [3.63, 3.8) is 0 Å². The SMILES string of the molecule is CSN(SC)C(=S)c1nc(N(C)C)c([N+](=O)[O-])cc1[N+](=O)[O-]. The van der Waals surface area contributed by atoms with Crippen molar-refractivity contribution in [2.45, 2.75) is 0 Å². The van der Waals surface area contributed by atoms with Crippen LogP contribution in [0, 0.1) is 20.2 Å². The maximum atomic E-state index is 11.2. The molecule has 0 radical (unpaired) electrons. The molecule has 1 heterocycles. The number of pyridine rings is 1. The van der Waals surface area contributed by atoms with E-state index in [2.05, 4.69) is 4.98 Å². The Kier molecular flexibility index (Phi) is 6.32. The fourth-order valence-corrected chi connectivity index (χ4v) is 3.27. The topological polar surface area (TPSA) is 106 Å². The van der Waals surface area contributed by atoms with Crippen molar-refractivity contribution in [1.82, 2.24) is 8.69 Å². The van der Waals surface area contributed by atoms with E-state index in [1.807, 2.05) is 0 Å². The molecule has 120 valence electrons. The minimum absolute atomic E-state index is 0.00936. The van der Waals surface area contributed by atoms with Crippen LogP contribution in [0.4, 0.5) is 17.2 Å². The summed E-state index contributed by atoms with van der Waals surface area (Å²) in [6.45, 7) is 0. The highest BCUT2D eigenvalue weighted by Gasteiger charge is 2.30. The normalized spacial score (nSPS) is 10.2. The molecular weight excluding hydrogens is 350 g/mol. The minimum Gasteiger partial charge on any atom is -0.357 e. The van der Waals surface area contributed by atoms with E-state index in [-0.39, 0.29) is 16.5 Å². The molecule has 0 bridgehead atoms. The molecule has 0 aliphatic rings. The van der Waals surface area contributed by atoms with Gasteiger partial charge in [0.05, 0.1) is 9.85 Å². The van der Waals surface area contributed by atoms with Gasteiger partial charge in [0.15, 0.2) is 10.7 Å². The highest BCUT2D eigenvalue weighted by atomic mass is 32.2. The van der Waals surface area contributed by atoms with Crippen molar-refractivity contribution < 1.29 is 9.85 Å². The molecule has 0 saturated carbocycles. The summed E-state index contributed by atoms with van der Waals surface area (Å²) in [4.78, 5) is 26.5. The number of thiocarbonyl (C=S) groups is 1. The molecule has 1 aromatic rings. The first-order valence-electron chi connectivity index (χ1n) is 5.68. The molecule has 0 amide bonds. The first-order valence-corrected chi connectivity index (χ1v) is 8.45. The lowest BCUT2D eigenvalue weighted by molar-refractivity contribution is -0.394. The Morgan fingerprint density at radius 1 is 1.18 bits per heavy atom. The Balaban J connectivity index is 3.61. The standard InChI is InChI=1S/C10H13N5O4S3/c1-12(2)9-7(14(18)19)5-6(13(16)17)8(11-9)10(20)15(21-3)22-4/h5H,1-4H3. The second-order valence-electron chi connectivity index (χ2n) is 4.03. The molecule has 0 aromatic carbocycles. The number of hydrogen-bond acceptors (Lipinski definition) is 9. The zero-order chi connectivity index (χ0) is 17.0. The lowest BCUT2D eigenvalue weighted by Gasteiger charge is -2.19. The minimum atomic E-state index is -0.722. The molecule has 0 spiro atoms. The Morgan fingerprint density at radius 3 is 2.05 bits per heavy atom. The van der Waals surface area contributed by atoms with E-state index in [1.165, 1.54) is 28.8 Å². The van der Waals surface area contributed by atoms with Crippen LogP contribution in [0.1, 0.15) is 5.69 Å². The Hall–Kier alpha value is -1.66. The molecule has 12 heteroatoms. The van der Waals surface area contributed by atoms with Crippen LogP contribution in [0.5, 0.6) is 0 Å². The largest absolute Gasteiger partial charge is 0.357 e. The maximum Gasteiger partial charge on any atom is 0.318 e. The first kappa shape index (κ1) is 18.4. The smallest absolute Gasteiger partial charge is 0.318 e. The quantitative estimate of drug-likeness (QED) is 0.324. The number of rotatable bonds is 6. The van der Waals surface area contributed by atoms with Gasteiger partial charge in [0.1, 0.15) is 6.07 Å². The van der Waals surface area contributed by atoms with E-state index >= 15 is 0 Å². The van der Waals surface area contributed by atoms with Gasteiger partial charge in [-0.25, -0.2) is 8.69 Å². The third-order valence-corrected chi connectivity index (χ3v) is 5.01. The van der Waals surface area contributed by atoms with Crippen LogP contribution in [0.2, 0.25) is 0 Å². The number of nitrogens with zero attached hydrogens (tertiary/aromatic N) is 5. The Morgan fingerprint density at radius 2 is 1.68 bits per heavy atom. The highest BCUT2D eigenvalue weighted by Crippen LogP contribution is 2.33. The van der Waals surface area contributed by atoms with Gasteiger partial charge in [0.25, 0.3) is 0 Å². The van der Waals surface area contributed by atoms with E-state index in [0.717, 1.165) is 6.07 Å². The molecule has 1 aromatic heterocycles. The summed E-state index contributed by atoms with van der Waals surface area (Å²) in [5.74, 6) is 0.00936. The lowest BCUT2D eigenvalue weighted by Crippen LogP contribution is -2.21. The van der Waals surface area contributed by atoms with Crippen LogP contribution in [-0.2, 0) is 0 Å². The van der Waals surface area contributed by atoms with Gasteiger partial charge >= 0.3 is 11.4 Å². The molecule has 0 fully saturated rings. The van der Waals surface area contributed by atoms with E-state index in [0.29, 0.717) is 0 Å². The summed E-state index contributed by atoms with van der Waals surface area (Å²) in [6, 6.07) is 0.892. The van der Waals surface area contributed by atoms with Crippen LogP contribution < -0.4 is 4.90 Å². The van der Waals surface area contributed by atoms with Gasteiger partial charge in [0, 0.05) is 26.6 Å². The summed E-state index contributed by atoms with van der Waals surface area (Å²) in [5, 5.41) is 22.3. The molecule has 1 rings (SSSR count). The lowest BCUT2D eigenvalue weighted by atomic mass is 10.2. The van der Waals surface area contributed by atoms with Gasteiger partial charge in [-0.3, -0.25) is 20.2 Å². The van der Waals surface area contributed by atoms with E-state index < -0.39 is 21.2 Å². The van der Waals surface area contributed by atoms with E-state index in [1.54, 1.807) is 30.3 Å². The maximum absolute atomic E-state index is 11.2. The summed E-state index contributed by atoms with van der Waals surface area (Å²) < 4.78 is 1.57. The van der Waals surface area contributed by atoms with Crippen LogP contribution in [0.15, 0.2) is 6.07 Å². The molecule has 0 unspecified atom stereocenters. The van der Waals surface area contributed by atoms with Gasteiger partial charge in [-0.15, -0.1) is 0 Å². The Bertz CT molecular complexity index is 621. The first-order chi connectivity index (χ1) is 10.2. The second kappa shape index (κ2) is 7.56. The third kappa shape index (κ3) is 3.75. The summed E-state index contributed by atoms with van der Waals surface area (Å²) in [6.07, 6.45) is 3.51.